The Labute approximate surface area is 222 Å². The topological polar surface area (TPSA) is 99.4 Å². The fraction of sp³-hybridized carbons (Fsp3) is 0.333. The fourth-order valence-electron chi connectivity index (χ4n) is 4.44. The van der Waals surface area contributed by atoms with E-state index in [1.807, 2.05) is 11.9 Å². The van der Waals surface area contributed by atoms with Gasteiger partial charge in [-0.3, -0.25) is 4.79 Å². The summed E-state index contributed by atoms with van der Waals surface area (Å²) in [5, 5.41) is 12.4. The van der Waals surface area contributed by atoms with Crippen molar-refractivity contribution in [2.75, 3.05) is 51.7 Å². The number of rotatable bonds is 7. The minimum Gasteiger partial charge on any atom is -0.395 e. The highest BCUT2D eigenvalue weighted by molar-refractivity contribution is 5.95. The summed E-state index contributed by atoms with van der Waals surface area (Å²) in [4.78, 5) is 30.7. The van der Waals surface area contributed by atoms with Crippen molar-refractivity contribution in [3.63, 3.8) is 0 Å². The number of hydrogen-bond acceptors (Lipinski definition) is 7. The number of benzene rings is 2. The second-order valence-electron chi connectivity index (χ2n) is 9.46. The first kappa shape index (κ1) is 26.6. The van der Waals surface area contributed by atoms with E-state index in [-0.39, 0.29) is 25.6 Å². The molecule has 1 fully saturated rings. The van der Waals surface area contributed by atoms with Crippen molar-refractivity contribution in [2.45, 2.75) is 12.7 Å². The third-order valence-corrected chi connectivity index (χ3v) is 6.68. The molecule has 4 aromatic rings. The van der Waals surface area contributed by atoms with Crippen LogP contribution in [0.2, 0.25) is 0 Å². The van der Waals surface area contributed by atoms with E-state index < -0.39 is 11.7 Å². The Morgan fingerprint density at radius 2 is 1.69 bits per heavy atom. The summed E-state index contributed by atoms with van der Waals surface area (Å²) in [6, 6.07) is 12.0. The number of alkyl halides is 3. The van der Waals surface area contributed by atoms with E-state index in [4.69, 9.17) is 4.98 Å². The Kier molecular flexibility index (Phi) is 7.49. The van der Waals surface area contributed by atoms with Crippen molar-refractivity contribution in [1.82, 2.24) is 29.3 Å². The van der Waals surface area contributed by atoms with Gasteiger partial charge in [0.05, 0.1) is 25.0 Å². The van der Waals surface area contributed by atoms with Gasteiger partial charge < -0.3 is 24.8 Å². The molecule has 0 bridgehead atoms. The average molecular weight is 540 g/mol. The molecule has 0 aliphatic carbocycles. The number of anilines is 1. The number of likely N-dealkylation sites (N-methyl/N-ethyl adjacent to an activating group) is 1. The van der Waals surface area contributed by atoms with Gasteiger partial charge in [0.25, 0.3) is 5.91 Å². The van der Waals surface area contributed by atoms with Crippen LogP contribution < -0.4 is 5.32 Å². The molecule has 3 heterocycles. The van der Waals surface area contributed by atoms with Gasteiger partial charge in [0, 0.05) is 43.9 Å². The molecule has 1 aliphatic rings. The number of hydrogen-bond donors (Lipinski definition) is 2. The number of aromatic nitrogens is 4. The number of imidazole rings is 1. The molecule has 0 atom stereocenters. The number of piperazine rings is 1. The van der Waals surface area contributed by atoms with Crippen LogP contribution in [0.15, 0.2) is 54.9 Å². The summed E-state index contributed by atoms with van der Waals surface area (Å²) in [7, 11) is 2.03. The summed E-state index contributed by atoms with van der Waals surface area (Å²) in [5.74, 6) is 0.787. The van der Waals surface area contributed by atoms with Crippen LogP contribution in [0.25, 0.3) is 22.6 Å². The molecule has 12 heteroatoms. The standard InChI is InChI=1S/C27H28F3N7O2/c1-35-11-13-36(14-12-35)26(39)20-6-4-19(5-7-20)23-33-24(31-10-15-38)22-25(34-23)37(17-32-22)16-18-2-8-21(9-3-18)27(28,29)30/h2-9,17,38H,10-16H2,1H3,(H,31,33,34). The number of nitrogens with one attached hydrogen (secondary N) is 1. The van der Waals surface area contributed by atoms with Gasteiger partial charge in [-0.25, -0.2) is 15.0 Å². The lowest BCUT2D eigenvalue weighted by Gasteiger charge is -2.32. The number of fused-ring (bicyclic) bond motifs is 1. The molecule has 204 valence electrons. The molecule has 1 aliphatic heterocycles. The quantitative estimate of drug-likeness (QED) is 0.372. The van der Waals surface area contributed by atoms with Gasteiger partial charge in [0.2, 0.25) is 0 Å². The largest absolute Gasteiger partial charge is 0.416 e. The first-order valence-electron chi connectivity index (χ1n) is 12.5. The molecule has 0 unspecified atom stereocenters. The van der Waals surface area contributed by atoms with Crippen LogP contribution in [0, 0.1) is 0 Å². The Balaban J connectivity index is 1.44. The highest BCUT2D eigenvalue weighted by Gasteiger charge is 2.30. The molecule has 0 saturated carbocycles. The lowest BCUT2D eigenvalue weighted by atomic mass is 10.1. The zero-order valence-corrected chi connectivity index (χ0v) is 21.3. The molecular formula is C27H28F3N7O2. The molecule has 1 amide bonds. The first-order chi connectivity index (χ1) is 18.7. The number of carbonyl (C=O) groups excluding carboxylic acids is 1. The lowest BCUT2D eigenvalue weighted by molar-refractivity contribution is -0.137. The van der Waals surface area contributed by atoms with Gasteiger partial charge in [-0.1, -0.05) is 24.3 Å². The predicted molar refractivity (Wildman–Crippen MR) is 140 cm³/mol. The van der Waals surface area contributed by atoms with Gasteiger partial charge in [-0.15, -0.1) is 0 Å². The molecule has 2 aromatic heterocycles. The van der Waals surface area contributed by atoms with Crippen LogP contribution in [0.4, 0.5) is 19.0 Å². The summed E-state index contributed by atoms with van der Waals surface area (Å²) >= 11 is 0. The Morgan fingerprint density at radius 1 is 1.00 bits per heavy atom. The van der Waals surface area contributed by atoms with Crippen molar-refractivity contribution in [3.05, 3.63) is 71.5 Å². The minimum absolute atomic E-state index is 0.0223. The van der Waals surface area contributed by atoms with Gasteiger partial charge in [0.15, 0.2) is 17.3 Å². The summed E-state index contributed by atoms with van der Waals surface area (Å²) < 4.78 is 40.6. The van der Waals surface area contributed by atoms with E-state index in [9.17, 15) is 23.1 Å². The number of nitrogens with zero attached hydrogens (tertiary/aromatic N) is 6. The van der Waals surface area contributed by atoms with Gasteiger partial charge in [-0.05, 0) is 36.9 Å². The van der Waals surface area contributed by atoms with E-state index >= 15 is 0 Å². The Bertz CT molecular complexity index is 1450. The van der Waals surface area contributed by atoms with Gasteiger partial charge in [-0.2, -0.15) is 13.2 Å². The third-order valence-electron chi connectivity index (χ3n) is 6.68. The number of aliphatic hydroxyl groups is 1. The zero-order chi connectivity index (χ0) is 27.6. The van der Waals surface area contributed by atoms with Crippen LogP contribution in [0.5, 0.6) is 0 Å². The van der Waals surface area contributed by atoms with Crippen molar-refractivity contribution < 1.29 is 23.1 Å². The predicted octanol–water partition coefficient (Wildman–Crippen LogP) is 3.35. The minimum atomic E-state index is -4.40. The zero-order valence-electron chi connectivity index (χ0n) is 21.3. The van der Waals surface area contributed by atoms with Crippen LogP contribution in [0.3, 0.4) is 0 Å². The van der Waals surface area contributed by atoms with Crippen molar-refractivity contribution in [3.8, 4) is 11.4 Å². The molecule has 9 nitrogen and oxygen atoms in total. The fourth-order valence-corrected chi connectivity index (χ4v) is 4.44. The summed E-state index contributed by atoms with van der Waals surface area (Å²) in [6.45, 7) is 3.41. The monoisotopic (exact) mass is 539 g/mol. The number of halogens is 3. The highest BCUT2D eigenvalue weighted by Crippen LogP contribution is 2.30. The molecule has 1 saturated heterocycles. The molecule has 39 heavy (non-hydrogen) atoms. The summed E-state index contributed by atoms with van der Waals surface area (Å²) in [6.07, 6.45) is -2.84. The lowest BCUT2D eigenvalue weighted by Crippen LogP contribution is -2.47. The third kappa shape index (κ3) is 5.86. The summed E-state index contributed by atoms with van der Waals surface area (Å²) in [5.41, 5.74) is 2.16. The maximum absolute atomic E-state index is 13.0. The second-order valence-corrected chi connectivity index (χ2v) is 9.46. The van der Waals surface area contributed by atoms with Crippen LogP contribution in [-0.4, -0.2) is 86.7 Å². The Hall–Kier alpha value is -4.03. The van der Waals surface area contributed by atoms with E-state index in [1.54, 1.807) is 35.2 Å². The number of aliphatic hydroxyl groups excluding tert-OH is 1. The molecule has 0 radical (unpaired) electrons. The average Bonchev–Trinajstić information content (AvgIpc) is 3.34. The normalized spacial score (nSPS) is 14.6. The van der Waals surface area contributed by atoms with Crippen LogP contribution >= 0.6 is 0 Å². The smallest absolute Gasteiger partial charge is 0.395 e. The first-order valence-corrected chi connectivity index (χ1v) is 12.5. The highest BCUT2D eigenvalue weighted by atomic mass is 19.4. The van der Waals surface area contributed by atoms with E-state index in [1.165, 1.54) is 12.1 Å². The van der Waals surface area contributed by atoms with Crippen molar-refractivity contribution in [2.24, 2.45) is 0 Å². The van der Waals surface area contributed by atoms with E-state index in [0.717, 1.165) is 25.2 Å². The molecular weight excluding hydrogens is 511 g/mol. The van der Waals surface area contributed by atoms with E-state index in [0.29, 0.717) is 52.6 Å². The van der Waals surface area contributed by atoms with Crippen molar-refractivity contribution in [1.29, 1.82) is 0 Å². The maximum Gasteiger partial charge on any atom is 0.416 e. The van der Waals surface area contributed by atoms with Crippen molar-refractivity contribution >= 4 is 22.9 Å². The van der Waals surface area contributed by atoms with Gasteiger partial charge >= 0.3 is 6.18 Å². The number of carbonyl (C=O) groups is 1. The van der Waals surface area contributed by atoms with Crippen LogP contribution in [0.1, 0.15) is 21.5 Å². The van der Waals surface area contributed by atoms with Crippen LogP contribution in [-0.2, 0) is 12.7 Å². The number of amides is 1. The van der Waals surface area contributed by atoms with E-state index in [2.05, 4.69) is 20.2 Å². The molecule has 2 aromatic carbocycles. The Morgan fingerprint density at radius 3 is 2.33 bits per heavy atom. The maximum atomic E-state index is 13.0. The second kappa shape index (κ2) is 11.0. The molecule has 2 N–H and O–H groups in total. The van der Waals surface area contributed by atoms with Gasteiger partial charge in [0.1, 0.15) is 5.52 Å². The molecule has 5 rings (SSSR count). The molecule has 0 spiro atoms. The SMILES string of the molecule is CN1CCN(C(=O)c2ccc(-c3nc(NCCO)c4ncn(Cc5ccc(C(F)(F)F)cc5)c4n3)cc2)CC1.